The van der Waals surface area contributed by atoms with Crippen LogP contribution in [0.1, 0.15) is 36.7 Å². The fourth-order valence-electron chi connectivity index (χ4n) is 2.33. The molecule has 2 unspecified atom stereocenters. The van der Waals surface area contributed by atoms with Crippen molar-refractivity contribution in [2.75, 3.05) is 7.11 Å². The minimum absolute atomic E-state index is 0.199. The Morgan fingerprint density at radius 3 is 2.70 bits per heavy atom. The molecule has 0 fully saturated rings. The molecule has 0 aliphatic heterocycles. The van der Waals surface area contributed by atoms with Crippen LogP contribution in [0.4, 0.5) is 0 Å². The fourth-order valence-corrected chi connectivity index (χ4v) is 2.33. The van der Waals surface area contributed by atoms with Gasteiger partial charge in [-0.15, -0.1) is 5.10 Å². The van der Waals surface area contributed by atoms with Crippen molar-refractivity contribution < 1.29 is 4.74 Å². The second-order valence-electron chi connectivity index (χ2n) is 4.59. The molecule has 0 spiro atoms. The molecule has 1 aromatic heterocycles. The van der Waals surface area contributed by atoms with Gasteiger partial charge in [-0.05, 0) is 12.0 Å². The molecule has 0 amide bonds. The van der Waals surface area contributed by atoms with Crippen molar-refractivity contribution in [1.82, 2.24) is 20.4 Å². The van der Waals surface area contributed by atoms with Crippen LogP contribution in [0, 0.1) is 0 Å². The second kappa shape index (κ2) is 7.14. The summed E-state index contributed by atoms with van der Waals surface area (Å²) in [6.07, 6.45) is 2.52. The van der Waals surface area contributed by atoms with Gasteiger partial charge in [0.1, 0.15) is 6.10 Å². The summed E-state index contributed by atoms with van der Waals surface area (Å²) in [5, 5.41) is 8.08. The lowest BCUT2D eigenvalue weighted by Crippen LogP contribution is -2.35. The number of hydrogen-bond acceptors (Lipinski definition) is 5. The Labute approximate surface area is 118 Å². The zero-order chi connectivity index (χ0) is 14.4. The van der Waals surface area contributed by atoms with Crippen LogP contribution in [-0.2, 0) is 11.3 Å². The van der Waals surface area contributed by atoms with E-state index in [2.05, 4.69) is 22.7 Å². The van der Waals surface area contributed by atoms with Crippen LogP contribution < -0.4 is 11.3 Å². The Morgan fingerprint density at radius 2 is 2.10 bits per heavy atom. The molecule has 0 saturated carbocycles. The zero-order valence-corrected chi connectivity index (χ0v) is 11.9. The smallest absolute Gasteiger partial charge is 0.104 e. The average Bonchev–Trinajstić information content (AvgIpc) is 2.94. The highest BCUT2D eigenvalue weighted by Gasteiger charge is 2.27. The molecule has 2 aromatic rings. The Kier molecular flexibility index (Phi) is 5.23. The van der Waals surface area contributed by atoms with Crippen LogP contribution in [0.15, 0.2) is 36.5 Å². The van der Waals surface area contributed by atoms with Gasteiger partial charge in [0.25, 0.3) is 0 Å². The first-order valence-electron chi connectivity index (χ1n) is 6.74. The van der Waals surface area contributed by atoms with E-state index in [1.54, 1.807) is 13.3 Å². The molecule has 20 heavy (non-hydrogen) atoms. The van der Waals surface area contributed by atoms with E-state index >= 15 is 0 Å². The SMILES string of the molecule is CCCn1nncc1C(NN)C(OC)c1ccccc1. The third-order valence-corrected chi connectivity index (χ3v) is 3.27. The van der Waals surface area contributed by atoms with E-state index in [-0.39, 0.29) is 12.1 Å². The highest BCUT2D eigenvalue weighted by atomic mass is 16.5. The number of nitrogens with zero attached hydrogens (tertiary/aromatic N) is 3. The van der Waals surface area contributed by atoms with E-state index in [1.165, 1.54) is 0 Å². The lowest BCUT2D eigenvalue weighted by atomic mass is 10.00. The summed E-state index contributed by atoms with van der Waals surface area (Å²) >= 11 is 0. The topological polar surface area (TPSA) is 78.0 Å². The molecule has 1 heterocycles. The third-order valence-electron chi connectivity index (χ3n) is 3.27. The van der Waals surface area contributed by atoms with E-state index in [4.69, 9.17) is 10.6 Å². The molecule has 6 nitrogen and oxygen atoms in total. The zero-order valence-electron chi connectivity index (χ0n) is 11.9. The number of hydrogen-bond donors (Lipinski definition) is 2. The average molecular weight is 275 g/mol. The normalized spacial score (nSPS) is 14.2. The van der Waals surface area contributed by atoms with Crippen LogP contribution in [0.25, 0.3) is 0 Å². The summed E-state index contributed by atoms with van der Waals surface area (Å²) in [7, 11) is 1.68. The number of nitrogens with one attached hydrogen (secondary N) is 1. The van der Waals surface area contributed by atoms with Crippen molar-refractivity contribution >= 4 is 0 Å². The van der Waals surface area contributed by atoms with Crippen molar-refractivity contribution in [3.05, 3.63) is 47.8 Å². The van der Waals surface area contributed by atoms with Crippen molar-refractivity contribution in [3.63, 3.8) is 0 Å². The number of nitrogens with two attached hydrogens (primary N) is 1. The van der Waals surface area contributed by atoms with E-state index in [0.29, 0.717) is 0 Å². The van der Waals surface area contributed by atoms with Crippen LogP contribution in [0.5, 0.6) is 0 Å². The van der Waals surface area contributed by atoms with Crippen molar-refractivity contribution in [1.29, 1.82) is 0 Å². The maximum absolute atomic E-state index is 5.74. The van der Waals surface area contributed by atoms with Crippen LogP contribution >= 0.6 is 0 Å². The monoisotopic (exact) mass is 275 g/mol. The van der Waals surface area contributed by atoms with E-state index in [0.717, 1.165) is 24.2 Å². The Bertz CT molecular complexity index is 513. The minimum atomic E-state index is -0.205. The van der Waals surface area contributed by atoms with Gasteiger partial charge < -0.3 is 4.74 Å². The Hall–Kier alpha value is -1.76. The predicted molar refractivity (Wildman–Crippen MR) is 76.6 cm³/mol. The number of aromatic nitrogens is 3. The van der Waals surface area contributed by atoms with Crippen molar-refractivity contribution in [2.24, 2.45) is 5.84 Å². The lowest BCUT2D eigenvalue weighted by Gasteiger charge is -2.26. The summed E-state index contributed by atoms with van der Waals surface area (Å²) in [4.78, 5) is 0. The van der Waals surface area contributed by atoms with Crippen LogP contribution in [0.3, 0.4) is 0 Å². The molecule has 2 rings (SSSR count). The summed E-state index contributed by atoms with van der Waals surface area (Å²) in [5.41, 5.74) is 4.81. The molecule has 0 saturated heterocycles. The molecule has 2 atom stereocenters. The standard InChI is InChI=1S/C14H21N5O/c1-3-9-19-12(10-16-18-19)13(17-15)14(20-2)11-7-5-4-6-8-11/h4-8,10,13-14,17H,3,9,15H2,1-2H3. The van der Waals surface area contributed by atoms with Gasteiger partial charge in [-0.25, -0.2) is 10.1 Å². The summed E-state index contributed by atoms with van der Waals surface area (Å²) < 4.78 is 7.50. The van der Waals surface area contributed by atoms with Gasteiger partial charge in [-0.1, -0.05) is 42.5 Å². The summed E-state index contributed by atoms with van der Waals surface area (Å²) in [6.45, 7) is 2.90. The fraction of sp³-hybridized carbons (Fsp3) is 0.429. The van der Waals surface area contributed by atoms with E-state index in [1.807, 2.05) is 35.0 Å². The third kappa shape index (κ3) is 3.04. The van der Waals surface area contributed by atoms with E-state index < -0.39 is 0 Å². The first-order chi connectivity index (χ1) is 9.81. The van der Waals surface area contributed by atoms with Crippen LogP contribution in [-0.4, -0.2) is 22.1 Å². The largest absolute Gasteiger partial charge is 0.375 e. The quantitative estimate of drug-likeness (QED) is 0.592. The van der Waals surface area contributed by atoms with Gasteiger partial charge in [0.05, 0.1) is 17.9 Å². The van der Waals surface area contributed by atoms with Gasteiger partial charge in [-0.2, -0.15) is 0 Å². The number of hydrazine groups is 1. The Morgan fingerprint density at radius 1 is 1.35 bits per heavy atom. The number of rotatable bonds is 7. The molecule has 0 aliphatic carbocycles. The highest BCUT2D eigenvalue weighted by Crippen LogP contribution is 2.30. The van der Waals surface area contributed by atoms with Crippen molar-refractivity contribution in [2.45, 2.75) is 32.0 Å². The van der Waals surface area contributed by atoms with Crippen LogP contribution in [0.2, 0.25) is 0 Å². The molecule has 0 radical (unpaired) electrons. The summed E-state index contributed by atoms with van der Waals surface area (Å²) in [6, 6.07) is 9.78. The van der Waals surface area contributed by atoms with Gasteiger partial charge in [0.15, 0.2) is 0 Å². The molecule has 0 bridgehead atoms. The predicted octanol–water partition coefficient (Wildman–Crippen LogP) is 1.58. The van der Waals surface area contributed by atoms with Gasteiger partial charge in [0, 0.05) is 13.7 Å². The maximum Gasteiger partial charge on any atom is 0.104 e. The van der Waals surface area contributed by atoms with Gasteiger partial charge >= 0.3 is 0 Å². The molecule has 108 valence electrons. The number of aryl methyl sites for hydroxylation is 1. The first-order valence-corrected chi connectivity index (χ1v) is 6.74. The highest BCUT2D eigenvalue weighted by molar-refractivity contribution is 5.22. The summed E-state index contributed by atoms with van der Waals surface area (Å²) in [5.74, 6) is 5.74. The van der Waals surface area contributed by atoms with Gasteiger partial charge in [0.2, 0.25) is 0 Å². The maximum atomic E-state index is 5.74. The molecule has 0 aliphatic rings. The first kappa shape index (κ1) is 14.6. The second-order valence-corrected chi connectivity index (χ2v) is 4.59. The lowest BCUT2D eigenvalue weighted by molar-refractivity contribution is 0.0646. The van der Waals surface area contributed by atoms with Gasteiger partial charge in [-0.3, -0.25) is 5.84 Å². The molecular formula is C14H21N5O. The number of benzene rings is 1. The number of methoxy groups -OCH3 is 1. The number of ether oxygens (including phenoxy) is 1. The minimum Gasteiger partial charge on any atom is -0.375 e. The van der Waals surface area contributed by atoms with E-state index in [9.17, 15) is 0 Å². The molecule has 3 N–H and O–H groups in total. The molecule has 1 aromatic carbocycles. The Balaban J connectivity index is 2.32. The van der Waals surface area contributed by atoms with Crippen molar-refractivity contribution in [3.8, 4) is 0 Å². The molecular weight excluding hydrogens is 254 g/mol. The molecule has 6 heteroatoms.